The van der Waals surface area contributed by atoms with Gasteiger partial charge in [0, 0.05) is 48.7 Å². The highest BCUT2D eigenvalue weighted by Gasteiger charge is 2.09. The summed E-state index contributed by atoms with van der Waals surface area (Å²) >= 11 is 3.50. The van der Waals surface area contributed by atoms with E-state index in [2.05, 4.69) is 52.0 Å². The number of hydrogen-bond acceptors (Lipinski definition) is 5. The molecule has 134 valence electrons. The van der Waals surface area contributed by atoms with Crippen molar-refractivity contribution in [2.24, 2.45) is 4.99 Å². The Labute approximate surface area is 169 Å². The number of halogens is 1. The molecular formula is C16H26IN5S2. The standard InChI is InChI=1S/C16H25N5S2.HI/c1-11(8-14-7-6-12(2)23-14)19-15(17-3)18-9-13-10-22-16(20-13)21(4)5;/h6-7,10-11H,8-9H2,1-5H3,(H2,17,18,19);1H. The van der Waals surface area contributed by atoms with Crippen molar-refractivity contribution in [2.75, 3.05) is 26.0 Å². The lowest BCUT2D eigenvalue weighted by atomic mass is 10.2. The molecule has 0 bridgehead atoms. The lowest BCUT2D eigenvalue weighted by molar-refractivity contribution is 0.644. The SMILES string of the molecule is CN=C(NCc1csc(N(C)C)n1)NC(C)Cc1ccc(C)s1.I. The fourth-order valence-corrected chi connectivity index (χ4v) is 3.91. The first-order valence-corrected chi connectivity index (χ1v) is 9.31. The zero-order valence-corrected chi connectivity index (χ0v) is 18.8. The second-order valence-corrected chi connectivity index (χ2v) is 7.91. The number of hydrogen-bond donors (Lipinski definition) is 2. The summed E-state index contributed by atoms with van der Waals surface area (Å²) in [5, 5.41) is 9.86. The maximum absolute atomic E-state index is 4.57. The third-order valence-corrected chi connectivity index (χ3v) is 5.35. The molecule has 0 aliphatic rings. The fourth-order valence-electron chi connectivity index (χ4n) is 2.13. The van der Waals surface area contributed by atoms with Crippen LogP contribution in [0.25, 0.3) is 0 Å². The van der Waals surface area contributed by atoms with Gasteiger partial charge in [0.05, 0.1) is 12.2 Å². The van der Waals surface area contributed by atoms with Gasteiger partial charge in [0.1, 0.15) is 0 Å². The van der Waals surface area contributed by atoms with Crippen molar-refractivity contribution >= 4 is 57.7 Å². The van der Waals surface area contributed by atoms with Gasteiger partial charge < -0.3 is 15.5 Å². The molecule has 2 aromatic heterocycles. The summed E-state index contributed by atoms with van der Waals surface area (Å²) in [5.74, 6) is 0.810. The molecule has 2 N–H and O–H groups in total. The first-order chi connectivity index (χ1) is 11.0. The number of anilines is 1. The summed E-state index contributed by atoms with van der Waals surface area (Å²) in [7, 11) is 5.80. The number of thiophene rings is 1. The number of guanidine groups is 1. The quantitative estimate of drug-likeness (QED) is 0.379. The van der Waals surface area contributed by atoms with Gasteiger partial charge in [-0.1, -0.05) is 0 Å². The molecule has 2 heterocycles. The second kappa shape index (κ2) is 10.2. The average molecular weight is 479 g/mol. The monoisotopic (exact) mass is 479 g/mol. The number of aromatic nitrogens is 1. The minimum atomic E-state index is 0. The van der Waals surface area contributed by atoms with Gasteiger partial charge in [-0.3, -0.25) is 4.99 Å². The van der Waals surface area contributed by atoms with Crippen LogP contribution in [-0.2, 0) is 13.0 Å². The first kappa shape index (κ1) is 21.2. The first-order valence-electron chi connectivity index (χ1n) is 7.62. The molecule has 0 spiro atoms. The predicted octanol–water partition coefficient (Wildman–Crippen LogP) is 3.49. The van der Waals surface area contributed by atoms with Crippen LogP contribution in [0.2, 0.25) is 0 Å². The minimum Gasteiger partial charge on any atom is -0.354 e. The molecule has 0 aliphatic heterocycles. The summed E-state index contributed by atoms with van der Waals surface area (Å²) in [6, 6.07) is 4.70. The van der Waals surface area contributed by atoms with E-state index in [-0.39, 0.29) is 24.0 Å². The number of thiazole rings is 1. The van der Waals surface area contributed by atoms with Crippen molar-refractivity contribution in [3.63, 3.8) is 0 Å². The van der Waals surface area contributed by atoms with E-state index in [4.69, 9.17) is 0 Å². The van der Waals surface area contributed by atoms with Crippen molar-refractivity contribution in [3.8, 4) is 0 Å². The lowest BCUT2D eigenvalue weighted by Gasteiger charge is -2.17. The van der Waals surface area contributed by atoms with Gasteiger partial charge >= 0.3 is 0 Å². The highest BCUT2D eigenvalue weighted by atomic mass is 127. The summed E-state index contributed by atoms with van der Waals surface area (Å²) in [5.41, 5.74) is 1.03. The van der Waals surface area contributed by atoms with Crippen LogP contribution < -0.4 is 15.5 Å². The smallest absolute Gasteiger partial charge is 0.191 e. The van der Waals surface area contributed by atoms with E-state index >= 15 is 0 Å². The fraction of sp³-hybridized carbons (Fsp3) is 0.500. The summed E-state index contributed by atoms with van der Waals surface area (Å²) < 4.78 is 0. The molecule has 2 aromatic rings. The Bertz CT molecular complexity index is 650. The number of aliphatic imine (C=N–C) groups is 1. The number of aryl methyl sites for hydroxylation is 1. The Hall–Kier alpha value is -0.870. The van der Waals surface area contributed by atoms with Crippen molar-refractivity contribution < 1.29 is 0 Å². The Morgan fingerprint density at radius 1 is 1.38 bits per heavy atom. The Morgan fingerprint density at radius 3 is 2.67 bits per heavy atom. The van der Waals surface area contributed by atoms with Crippen LogP contribution in [0, 0.1) is 6.92 Å². The van der Waals surface area contributed by atoms with Gasteiger partial charge in [-0.05, 0) is 26.0 Å². The second-order valence-electron chi connectivity index (χ2n) is 5.70. The van der Waals surface area contributed by atoms with E-state index in [1.165, 1.54) is 9.75 Å². The summed E-state index contributed by atoms with van der Waals surface area (Å²) in [4.78, 5) is 13.6. The van der Waals surface area contributed by atoms with Crippen molar-refractivity contribution in [2.45, 2.75) is 32.9 Å². The average Bonchev–Trinajstić information content (AvgIpc) is 3.12. The van der Waals surface area contributed by atoms with Crippen molar-refractivity contribution in [1.82, 2.24) is 15.6 Å². The molecule has 24 heavy (non-hydrogen) atoms. The molecule has 0 aromatic carbocycles. The van der Waals surface area contributed by atoms with Crippen LogP contribution in [0.1, 0.15) is 22.4 Å². The third-order valence-electron chi connectivity index (χ3n) is 3.27. The molecule has 8 heteroatoms. The van der Waals surface area contributed by atoms with Gasteiger partial charge in [-0.2, -0.15) is 0 Å². The van der Waals surface area contributed by atoms with Gasteiger partial charge in [-0.25, -0.2) is 4.98 Å². The van der Waals surface area contributed by atoms with Gasteiger partial charge in [0.25, 0.3) is 0 Å². The van der Waals surface area contributed by atoms with Gasteiger partial charge in [0.2, 0.25) is 0 Å². The minimum absolute atomic E-state index is 0. The molecule has 2 rings (SSSR count). The van der Waals surface area contributed by atoms with Crippen LogP contribution in [-0.4, -0.2) is 38.1 Å². The maximum Gasteiger partial charge on any atom is 0.191 e. The van der Waals surface area contributed by atoms with E-state index in [0.29, 0.717) is 12.6 Å². The van der Waals surface area contributed by atoms with E-state index in [0.717, 1.165) is 23.2 Å². The van der Waals surface area contributed by atoms with E-state index < -0.39 is 0 Å². The molecule has 0 fully saturated rings. The highest BCUT2D eigenvalue weighted by molar-refractivity contribution is 14.0. The normalized spacial score (nSPS) is 12.5. The zero-order valence-electron chi connectivity index (χ0n) is 14.8. The molecule has 0 radical (unpaired) electrons. The largest absolute Gasteiger partial charge is 0.354 e. The number of nitrogens with zero attached hydrogens (tertiary/aromatic N) is 3. The van der Waals surface area contributed by atoms with Crippen LogP contribution >= 0.6 is 46.7 Å². The molecule has 0 aliphatic carbocycles. The highest BCUT2D eigenvalue weighted by Crippen LogP contribution is 2.18. The van der Waals surface area contributed by atoms with E-state index in [1.54, 1.807) is 18.4 Å². The Kier molecular flexibility index (Phi) is 8.99. The molecule has 5 nitrogen and oxygen atoms in total. The molecule has 0 saturated carbocycles. The maximum atomic E-state index is 4.57. The van der Waals surface area contributed by atoms with E-state index in [1.807, 2.05) is 30.3 Å². The molecule has 0 saturated heterocycles. The molecule has 1 atom stereocenters. The van der Waals surface area contributed by atoms with E-state index in [9.17, 15) is 0 Å². The Morgan fingerprint density at radius 2 is 2.12 bits per heavy atom. The van der Waals surface area contributed by atoms with Crippen LogP contribution in [0.4, 0.5) is 5.13 Å². The lowest BCUT2D eigenvalue weighted by Crippen LogP contribution is -2.42. The van der Waals surface area contributed by atoms with Crippen LogP contribution in [0.15, 0.2) is 22.5 Å². The molecule has 0 amide bonds. The predicted molar refractivity (Wildman–Crippen MR) is 117 cm³/mol. The topological polar surface area (TPSA) is 52.6 Å². The molecule has 1 unspecified atom stereocenters. The van der Waals surface area contributed by atoms with Crippen LogP contribution in [0.5, 0.6) is 0 Å². The molecular weight excluding hydrogens is 453 g/mol. The van der Waals surface area contributed by atoms with Crippen molar-refractivity contribution in [1.29, 1.82) is 0 Å². The van der Waals surface area contributed by atoms with Crippen molar-refractivity contribution in [3.05, 3.63) is 33.0 Å². The number of nitrogens with one attached hydrogen (secondary N) is 2. The summed E-state index contributed by atoms with van der Waals surface area (Å²) in [6.45, 7) is 4.99. The zero-order chi connectivity index (χ0) is 16.8. The van der Waals surface area contributed by atoms with Crippen LogP contribution in [0.3, 0.4) is 0 Å². The Balaban J connectivity index is 0.00000288. The third kappa shape index (κ3) is 6.56. The van der Waals surface area contributed by atoms with Gasteiger partial charge in [0.15, 0.2) is 11.1 Å². The van der Waals surface area contributed by atoms with Gasteiger partial charge in [-0.15, -0.1) is 46.7 Å². The number of rotatable bonds is 6. The summed E-state index contributed by atoms with van der Waals surface area (Å²) in [6.07, 6.45) is 1.00.